The van der Waals surface area contributed by atoms with Crippen LogP contribution in [0.2, 0.25) is 0 Å². The Morgan fingerprint density at radius 2 is 1.85 bits per heavy atom. The standard InChI is InChI=1S/C18H21NO6S2/c1-24-9-11-27(22,23)14-7-5-13(6-8-14)18(21)19-15(12-17(20)25-2)16-4-3-10-26-16/h3-8,10,15H,9,11-12H2,1-2H3,(H,19,21). The summed E-state index contributed by atoms with van der Waals surface area (Å²) in [6, 6.07) is 8.80. The van der Waals surface area contributed by atoms with E-state index in [2.05, 4.69) is 10.1 Å². The second-order valence-corrected chi connectivity index (χ2v) is 8.75. The topological polar surface area (TPSA) is 98.8 Å². The summed E-state index contributed by atoms with van der Waals surface area (Å²) in [5.41, 5.74) is 0.298. The van der Waals surface area contributed by atoms with E-state index in [9.17, 15) is 18.0 Å². The molecule has 2 aromatic rings. The highest BCUT2D eigenvalue weighted by Gasteiger charge is 2.21. The summed E-state index contributed by atoms with van der Waals surface area (Å²) in [5.74, 6) is -0.972. The van der Waals surface area contributed by atoms with E-state index in [0.717, 1.165) is 4.88 Å². The van der Waals surface area contributed by atoms with Gasteiger partial charge in [-0.25, -0.2) is 8.42 Å². The fourth-order valence-corrected chi connectivity index (χ4v) is 4.28. The Hall–Kier alpha value is -2.23. The largest absolute Gasteiger partial charge is 0.469 e. The van der Waals surface area contributed by atoms with Gasteiger partial charge in [0.1, 0.15) is 0 Å². The van der Waals surface area contributed by atoms with Crippen LogP contribution in [-0.2, 0) is 24.1 Å². The Morgan fingerprint density at radius 3 is 2.41 bits per heavy atom. The Kier molecular flexibility index (Phi) is 7.52. The number of hydrogen-bond acceptors (Lipinski definition) is 7. The number of carbonyl (C=O) groups is 2. The first-order chi connectivity index (χ1) is 12.9. The monoisotopic (exact) mass is 411 g/mol. The smallest absolute Gasteiger partial charge is 0.307 e. The van der Waals surface area contributed by atoms with Gasteiger partial charge >= 0.3 is 5.97 Å². The van der Waals surface area contributed by atoms with E-state index in [4.69, 9.17) is 4.74 Å². The van der Waals surface area contributed by atoms with Gasteiger partial charge < -0.3 is 14.8 Å². The van der Waals surface area contributed by atoms with E-state index in [0.29, 0.717) is 5.56 Å². The van der Waals surface area contributed by atoms with Crippen LogP contribution in [0.5, 0.6) is 0 Å². The van der Waals surface area contributed by atoms with Crippen molar-refractivity contribution in [2.24, 2.45) is 0 Å². The average Bonchev–Trinajstić information content (AvgIpc) is 3.20. The summed E-state index contributed by atoms with van der Waals surface area (Å²) in [6.07, 6.45) is 0.00618. The van der Waals surface area contributed by atoms with Crippen LogP contribution < -0.4 is 5.32 Å². The molecule has 7 nitrogen and oxygen atoms in total. The molecule has 0 saturated carbocycles. The summed E-state index contributed by atoms with van der Waals surface area (Å²) in [4.78, 5) is 25.1. The van der Waals surface area contributed by atoms with Crippen molar-refractivity contribution < 1.29 is 27.5 Å². The average molecular weight is 412 g/mol. The van der Waals surface area contributed by atoms with E-state index in [-0.39, 0.29) is 23.7 Å². The number of carbonyl (C=O) groups excluding carboxylic acids is 2. The lowest BCUT2D eigenvalue weighted by Crippen LogP contribution is -2.30. The maximum absolute atomic E-state index is 12.5. The first-order valence-corrected chi connectivity index (χ1v) is 10.6. The summed E-state index contributed by atoms with van der Waals surface area (Å²) >= 11 is 1.42. The second-order valence-electron chi connectivity index (χ2n) is 5.66. The lowest BCUT2D eigenvalue weighted by molar-refractivity contribution is -0.141. The van der Waals surface area contributed by atoms with E-state index < -0.39 is 27.8 Å². The zero-order valence-electron chi connectivity index (χ0n) is 15.0. The van der Waals surface area contributed by atoms with Gasteiger partial charge in [-0.1, -0.05) is 6.07 Å². The quantitative estimate of drug-likeness (QED) is 0.635. The van der Waals surface area contributed by atoms with E-state index in [1.165, 1.54) is 49.8 Å². The SMILES string of the molecule is COCCS(=O)(=O)c1ccc(C(=O)NC(CC(=O)OC)c2cccs2)cc1. The third kappa shape index (κ3) is 5.88. The van der Waals surface area contributed by atoms with E-state index >= 15 is 0 Å². The van der Waals surface area contributed by atoms with Gasteiger partial charge in [0.15, 0.2) is 9.84 Å². The third-order valence-corrected chi connectivity index (χ3v) is 6.50. The minimum Gasteiger partial charge on any atom is -0.469 e. The molecule has 1 heterocycles. The van der Waals surface area contributed by atoms with Crippen molar-refractivity contribution in [3.63, 3.8) is 0 Å². The molecule has 0 spiro atoms. The molecule has 0 saturated heterocycles. The summed E-state index contributed by atoms with van der Waals surface area (Å²) in [5, 5.41) is 4.65. The van der Waals surface area contributed by atoms with Crippen LogP contribution in [-0.4, -0.2) is 46.9 Å². The van der Waals surface area contributed by atoms with Crippen molar-refractivity contribution >= 4 is 33.1 Å². The van der Waals surface area contributed by atoms with Crippen molar-refractivity contribution in [1.29, 1.82) is 0 Å². The molecule has 1 N–H and O–H groups in total. The van der Waals surface area contributed by atoms with Gasteiger partial charge in [-0.3, -0.25) is 9.59 Å². The molecule has 0 fully saturated rings. The number of esters is 1. The Bertz CT molecular complexity index is 860. The molecular formula is C18H21NO6S2. The summed E-state index contributed by atoms with van der Waals surface area (Å²) in [7, 11) is -0.737. The number of nitrogens with one attached hydrogen (secondary N) is 1. The molecular weight excluding hydrogens is 390 g/mol. The Morgan fingerprint density at radius 1 is 1.15 bits per heavy atom. The molecule has 0 aliphatic heterocycles. The lowest BCUT2D eigenvalue weighted by atomic mass is 10.1. The minimum atomic E-state index is -3.46. The van der Waals surface area contributed by atoms with Crippen LogP contribution in [0.25, 0.3) is 0 Å². The molecule has 1 aromatic heterocycles. The van der Waals surface area contributed by atoms with Gasteiger partial charge in [0, 0.05) is 17.6 Å². The number of rotatable bonds is 9. The second kappa shape index (κ2) is 9.63. The maximum atomic E-state index is 12.5. The van der Waals surface area contributed by atoms with E-state index in [1.807, 2.05) is 17.5 Å². The first-order valence-electron chi connectivity index (χ1n) is 8.10. The van der Waals surface area contributed by atoms with Crippen LogP contribution in [0, 0.1) is 0 Å². The molecule has 1 aromatic carbocycles. The van der Waals surface area contributed by atoms with Gasteiger partial charge in [0.25, 0.3) is 5.91 Å². The number of hydrogen-bond donors (Lipinski definition) is 1. The highest BCUT2D eigenvalue weighted by molar-refractivity contribution is 7.91. The predicted molar refractivity (Wildman–Crippen MR) is 102 cm³/mol. The maximum Gasteiger partial charge on any atom is 0.307 e. The molecule has 27 heavy (non-hydrogen) atoms. The third-order valence-electron chi connectivity index (χ3n) is 3.82. The highest BCUT2D eigenvalue weighted by atomic mass is 32.2. The van der Waals surface area contributed by atoms with Crippen LogP contribution in [0.4, 0.5) is 0 Å². The zero-order chi connectivity index (χ0) is 19.9. The van der Waals surface area contributed by atoms with Crippen molar-refractivity contribution in [2.45, 2.75) is 17.4 Å². The molecule has 0 aliphatic carbocycles. The van der Waals surface area contributed by atoms with Crippen molar-refractivity contribution in [1.82, 2.24) is 5.32 Å². The number of ether oxygens (including phenoxy) is 2. The van der Waals surface area contributed by atoms with Crippen molar-refractivity contribution in [3.8, 4) is 0 Å². The predicted octanol–water partition coefficient (Wildman–Crippen LogP) is 2.20. The van der Waals surface area contributed by atoms with Crippen molar-refractivity contribution in [2.75, 3.05) is 26.6 Å². The Balaban J connectivity index is 2.13. The van der Waals surface area contributed by atoms with Gasteiger partial charge in [0.2, 0.25) is 0 Å². The number of sulfone groups is 1. The molecule has 1 amide bonds. The number of methoxy groups -OCH3 is 2. The number of thiophene rings is 1. The molecule has 0 aliphatic rings. The molecule has 9 heteroatoms. The molecule has 146 valence electrons. The van der Waals surface area contributed by atoms with Crippen LogP contribution in [0.1, 0.15) is 27.7 Å². The minimum absolute atomic E-state index is 0.00618. The molecule has 0 bridgehead atoms. The molecule has 1 atom stereocenters. The number of amides is 1. The first kappa shape index (κ1) is 21.1. The molecule has 1 unspecified atom stereocenters. The lowest BCUT2D eigenvalue weighted by Gasteiger charge is -2.16. The fraction of sp³-hybridized carbons (Fsp3) is 0.333. The highest BCUT2D eigenvalue weighted by Crippen LogP contribution is 2.23. The van der Waals surface area contributed by atoms with Gasteiger partial charge in [0.05, 0.1) is 36.8 Å². The Labute approximate surface area is 162 Å². The van der Waals surface area contributed by atoms with Gasteiger partial charge in [-0.15, -0.1) is 11.3 Å². The summed E-state index contributed by atoms with van der Waals surface area (Å²) in [6.45, 7) is 0.0978. The van der Waals surface area contributed by atoms with E-state index in [1.54, 1.807) is 0 Å². The van der Waals surface area contributed by atoms with Crippen LogP contribution in [0.3, 0.4) is 0 Å². The van der Waals surface area contributed by atoms with Gasteiger partial charge in [-0.2, -0.15) is 0 Å². The molecule has 0 radical (unpaired) electrons. The summed E-state index contributed by atoms with van der Waals surface area (Å²) < 4.78 is 33.7. The fourth-order valence-electron chi connectivity index (χ4n) is 2.33. The van der Waals surface area contributed by atoms with Gasteiger partial charge in [-0.05, 0) is 35.7 Å². The normalized spacial score (nSPS) is 12.4. The zero-order valence-corrected chi connectivity index (χ0v) is 16.6. The molecule has 2 rings (SSSR count). The van der Waals surface area contributed by atoms with Crippen LogP contribution >= 0.6 is 11.3 Å². The van der Waals surface area contributed by atoms with Crippen molar-refractivity contribution in [3.05, 3.63) is 52.2 Å². The number of benzene rings is 1. The van der Waals surface area contributed by atoms with Crippen LogP contribution in [0.15, 0.2) is 46.7 Å².